The zero-order chi connectivity index (χ0) is 14.8. The lowest BCUT2D eigenvalue weighted by Gasteiger charge is -2.35. The van der Waals surface area contributed by atoms with Crippen molar-refractivity contribution in [2.75, 3.05) is 7.05 Å². The highest BCUT2D eigenvalue weighted by molar-refractivity contribution is 7.89. The molecule has 1 unspecified atom stereocenters. The van der Waals surface area contributed by atoms with Crippen molar-refractivity contribution in [1.82, 2.24) is 10.0 Å². The molecule has 1 aliphatic rings. The van der Waals surface area contributed by atoms with Crippen LogP contribution in [-0.4, -0.2) is 21.5 Å². The number of sulfonamides is 1. The second-order valence-corrected chi connectivity index (χ2v) is 9.07. The van der Waals surface area contributed by atoms with Crippen molar-refractivity contribution < 1.29 is 8.42 Å². The Kier molecular flexibility index (Phi) is 4.89. The van der Waals surface area contributed by atoms with Crippen LogP contribution < -0.4 is 10.0 Å². The van der Waals surface area contributed by atoms with Gasteiger partial charge in [0.15, 0.2) is 0 Å². The van der Waals surface area contributed by atoms with Gasteiger partial charge in [-0.05, 0) is 37.8 Å². The van der Waals surface area contributed by atoms with Gasteiger partial charge < -0.3 is 5.32 Å². The number of thiophene rings is 1. The molecule has 0 aliphatic heterocycles. The van der Waals surface area contributed by atoms with Gasteiger partial charge in [-0.1, -0.05) is 20.3 Å². The van der Waals surface area contributed by atoms with Crippen LogP contribution in [0.2, 0.25) is 0 Å². The predicted molar refractivity (Wildman–Crippen MR) is 83.4 cm³/mol. The molecule has 1 aromatic rings. The fourth-order valence-electron chi connectivity index (χ4n) is 2.85. The van der Waals surface area contributed by atoms with Gasteiger partial charge in [0.05, 0.1) is 4.90 Å². The minimum absolute atomic E-state index is 0.0661. The highest BCUT2D eigenvalue weighted by Crippen LogP contribution is 2.35. The summed E-state index contributed by atoms with van der Waals surface area (Å²) in [5, 5.41) is 4.76. The van der Waals surface area contributed by atoms with Crippen molar-refractivity contribution in [3.63, 3.8) is 0 Å². The molecule has 0 bridgehead atoms. The minimum Gasteiger partial charge on any atom is -0.315 e. The van der Waals surface area contributed by atoms with E-state index in [0.29, 0.717) is 11.4 Å². The van der Waals surface area contributed by atoms with E-state index in [2.05, 4.69) is 23.9 Å². The Bertz CT molecular complexity index is 549. The van der Waals surface area contributed by atoms with Gasteiger partial charge in [-0.3, -0.25) is 0 Å². The standard InChI is InChI=1S/C14H24N2O2S2/c1-14(2)6-4-5-11(8-14)16-20(17,18)13-7-12(9-15-3)19-10-13/h7,10-11,15-16H,4-6,8-9H2,1-3H3. The summed E-state index contributed by atoms with van der Waals surface area (Å²) in [4.78, 5) is 1.44. The summed E-state index contributed by atoms with van der Waals surface area (Å²) in [5.74, 6) is 0. The second kappa shape index (κ2) is 6.13. The molecule has 20 heavy (non-hydrogen) atoms. The first-order valence-electron chi connectivity index (χ1n) is 7.07. The molecule has 6 heteroatoms. The third kappa shape index (κ3) is 4.04. The fourth-order valence-corrected chi connectivity index (χ4v) is 5.41. The molecule has 114 valence electrons. The van der Waals surface area contributed by atoms with E-state index in [1.165, 1.54) is 17.8 Å². The quantitative estimate of drug-likeness (QED) is 0.878. The molecule has 1 saturated carbocycles. The Labute approximate surface area is 126 Å². The van der Waals surface area contributed by atoms with Crippen LogP contribution in [0.3, 0.4) is 0 Å². The van der Waals surface area contributed by atoms with Gasteiger partial charge in [0, 0.05) is 22.8 Å². The molecule has 1 atom stereocenters. The lowest BCUT2D eigenvalue weighted by Crippen LogP contribution is -2.40. The molecule has 2 N–H and O–H groups in total. The fraction of sp³-hybridized carbons (Fsp3) is 0.714. The zero-order valence-corrected chi connectivity index (χ0v) is 14.0. The lowest BCUT2D eigenvalue weighted by atomic mass is 9.75. The summed E-state index contributed by atoms with van der Waals surface area (Å²) >= 11 is 1.48. The van der Waals surface area contributed by atoms with E-state index in [1.54, 1.807) is 11.4 Å². The Hall–Kier alpha value is -0.430. The second-order valence-electron chi connectivity index (χ2n) is 6.36. The van der Waals surface area contributed by atoms with Crippen LogP contribution >= 0.6 is 11.3 Å². The maximum atomic E-state index is 12.4. The molecule has 0 saturated heterocycles. The highest BCUT2D eigenvalue weighted by Gasteiger charge is 2.31. The third-order valence-electron chi connectivity index (χ3n) is 3.82. The van der Waals surface area contributed by atoms with Gasteiger partial charge in [0.2, 0.25) is 10.0 Å². The average molecular weight is 316 g/mol. The maximum Gasteiger partial charge on any atom is 0.241 e. The molecule has 0 spiro atoms. The van der Waals surface area contributed by atoms with Crippen LogP contribution in [0.4, 0.5) is 0 Å². The van der Waals surface area contributed by atoms with Crippen LogP contribution in [0.25, 0.3) is 0 Å². The zero-order valence-electron chi connectivity index (χ0n) is 12.4. The van der Waals surface area contributed by atoms with E-state index < -0.39 is 10.0 Å². The van der Waals surface area contributed by atoms with Crippen LogP contribution in [-0.2, 0) is 16.6 Å². The monoisotopic (exact) mass is 316 g/mol. The van der Waals surface area contributed by atoms with Gasteiger partial charge in [0.25, 0.3) is 0 Å². The molecule has 0 amide bonds. The third-order valence-corrected chi connectivity index (χ3v) is 6.40. The van der Waals surface area contributed by atoms with Crippen LogP contribution in [0.15, 0.2) is 16.3 Å². The van der Waals surface area contributed by atoms with E-state index in [-0.39, 0.29) is 11.5 Å². The average Bonchev–Trinajstić information content (AvgIpc) is 2.77. The van der Waals surface area contributed by atoms with E-state index in [0.717, 1.165) is 24.1 Å². The minimum atomic E-state index is -3.37. The molecular weight excluding hydrogens is 292 g/mol. The van der Waals surface area contributed by atoms with Crippen LogP contribution in [0.5, 0.6) is 0 Å². The summed E-state index contributed by atoms with van der Waals surface area (Å²) in [6.07, 6.45) is 4.13. The summed E-state index contributed by atoms with van der Waals surface area (Å²) in [7, 11) is -1.52. The van der Waals surface area contributed by atoms with Crippen molar-refractivity contribution in [1.29, 1.82) is 0 Å². The Balaban J connectivity index is 2.06. The molecule has 0 aromatic carbocycles. The highest BCUT2D eigenvalue weighted by atomic mass is 32.2. The summed E-state index contributed by atoms with van der Waals surface area (Å²) in [6.45, 7) is 5.13. The van der Waals surface area contributed by atoms with Crippen LogP contribution in [0.1, 0.15) is 44.4 Å². The normalized spacial score (nSPS) is 22.9. The van der Waals surface area contributed by atoms with Gasteiger partial charge in [-0.15, -0.1) is 11.3 Å². The summed E-state index contributed by atoms with van der Waals surface area (Å²) in [5.41, 5.74) is 0.234. The molecule has 1 aliphatic carbocycles. The van der Waals surface area contributed by atoms with Crippen molar-refractivity contribution in [2.45, 2.75) is 57.0 Å². The smallest absolute Gasteiger partial charge is 0.241 e. The topological polar surface area (TPSA) is 58.2 Å². The molecule has 1 fully saturated rings. The van der Waals surface area contributed by atoms with E-state index >= 15 is 0 Å². The van der Waals surface area contributed by atoms with Gasteiger partial charge in [0.1, 0.15) is 0 Å². The van der Waals surface area contributed by atoms with Crippen molar-refractivity contribution >= 4 is 21.4 Å². The molecule has 1 aromatic heterocycles. The largest absolute Gasteiger partial charge is 0.315 e. The number of hydrogen-bond acceptors (Lipinski definition) is 4. The van der Waals surface area contributed by atoms with Gasteiger partial charge in [-0.2, -0.15) is 0 Å². The molecular formula is C14H24N2O2S2. The first-order valence-corrected chi connectivity index (χ1v) is 9.43. The van der Waals surface area contributed by atoms with Crippen molar-refractivity contribution in [3.8, 4) is 0 Å². The van der Waals surface area contributed by atoms with E-state index in [4.69, 9.17) is 0 Å². The van der Waals surface area contributed by atoms with Crippen molar-refractivity contribution in [2.24, 2.45) is 5.41 Å². The number of nitrogens with one attached hydrogen (secondary N) is 2. The van der Waals surface area contributed by atoms with Crippen molar-refractivity contribution in [3.05, 3.63) is 16.3 Å². The predicted octanol–water partition coefficient (Wildman–Crippen LogP) is 2.71. The summed E-state index contributed by atoms with van der Waals surface area (Å²) in [6, 6.07) is 1.83. The molecule has 1 heterocycles. The Morgan fingerprint density at radius 3 is 2.85 bits per heavy atom. The molecule has 2 rings (SSSR count). The molecule has 0 radical (unpaired) electrons. The van der Waals surface area contributed by atoms with E-state index in [1.807, 2.05) is 7.05 Å². The SMILES string of the molecule is CNCc1cc(S(=O)(=O)NC2CCCC(C)(C)C2)cs1. The summed E-state index contributed by atoms with van der Waals surface area (Å²) < 4.78 is 27.7. The molecule has 4 nitrogen and oxygen atoms in total. The number of rotatable bonds is 5. The van der Waals surface area contributed by atoms with Gasteiger partial charge in [-0.25, -0.2) is 13.1 Å². The van der Waals surface area contributed by atoms with Crippen LogP contribution in [0, 0.1) is 5.41 Å². The Morgan fingerprint density at radius 1 is 1.45 bits per heavy atom. The Morgan fingerprint density at radius 2 is 2.20 bits per heavy atom. The first-order chi connectivity index (χ1) is 9.32. The maximum absolute atomic E-state index is 12.4. The first kappa shape index (κ1) is 15.9. The van der Waals surface area contributed by atoms with E-state index in [9.17, 15) is 8.42 Å². The lowest BCUT2D eigenvalue weighted by molar-refractivity contribution is 0.212. The van der Waals surface area contributed by atoms with Gasteiger partial charge >= 0.3 is 0 Å². The number of hydrogen-bond donors (Lipinski definition) is 2.